The third-order valence-electron chi connectivity index (χ3n) is 6.05. The molecular weight excluding hydrogens is 464 g/mol. The van der Waals surface area contributed by atoms with E-state index in [2.05, 4.69) is 20.3 Å². The van der Waals surface area contributed by atoms with Crippen molar-refractivity contribution in [2.75, 3.05) is 45.3 Å². The number of aromatic nitrogens is 4. The number of carbonyl (C=O) groups excluding carboxylic acids is 1. The van der Waals surface area contributed by atoms with Gasteiger partial charge in [0.15, 0.2) is 11.5 Å². The van der Waals surface area contributed by atoms with Gasteiger partial charge < -0.3 is 24.8 Å². The molecule has 11 heteroatoms. The van der Waals surface area contributed by atoms with Gasteiger partial charge in [-0.3, -0.25) is 14.2 Å². The Hall–Kier alpha value is -3.57. The van der Waals surface area contributed by atoms with E-state index in [-0.39, 0.29) is 23.8 Å². The summed E-state index contributed by atoms with van der Waals surface area (Å²) in [4.78, 5) is 40.8. The maximum atomic E-state index is 13.4. The van der Waals surface area contributed by atoms with E-state index in [0.29, 0.717) is 56.3 Å². The van der Waals surface area contributed by atoms with Crippen LogP contribution in [-0.2, 0) is 16.1 Å². The van der Waals surface area contributed by atoms with E-state index in [1.54, 1.807) is 35.0 Å². The van der Waals surface area contributed by atoms with Gasteiger partial charge in [-0.15, -0.1) is 0 Å². The number of aliphatic hydroxyl groups excluding tert-OH is 1. The third-order valence-corrected chi connectivity index (χ3v) is 6.05. The number of hydrogen-bond acceptors (Lipinski definition) is 9. The first-order valence-corrected chi connectivity index (χ1v) is 12.2. The molecule has 1 saturated heterocycles. The molecule has 0 bridgehead atoms. The number of nitrogens with zero attached hydrogens (tertiary/aromatic N) is 5. The highest BCUT2D eigenvalue weighted by atomic mass is 16.5. The van der Waals surface area contributed by atoms with E-state index in [9.17, 15) is 14.7 Å². The number of methoxy groups -OCH3 is 1. The number of anilines is 1. The second-order valence-corrected chi connectivity index (χ2v) is 8.67. The number of β-amino-alcohol motifs (C(OH)–C–C–N with tert-alkyl or cyclic N) is 1. The smallest absolute Gasteiger partial charge is 0.293 e. The van der Waals surface area contributed by atoms with Crippen molar-refractivity contribution in [3.05, 3.63) is 40.9 Å². The monoisotopic (exact) mass is 496 g/mol. The Bertz CT molecular complexity index is 1250. The largest absolute Gasteiger partial charge is 0.481 e. The zero-order chi connectivity index (χ0) is 25.5. The molecule has 0 spiro atoms. The highest BCUT2D eigenvalue weighted by Crippen LogP contribution is 2.23. The summed E-state index contributed by atoms with van der Waals surface area (Å²) in [5, 5.41) is 12.7. The van der Waals surface area contributed by atoms with Crippen LogP contribution in [0.1, 0.15) is 26.2 Å². The van der Waals surface area contributed by atoms with E-state index < -0.39 is 6.10 Å². The van der Waals surface area contributed by atoms with E-state index in [4.69, 9.17) is 9.47 Å². The number of ether oxygens (including phenoxy) is 2. The minimum Gasteiger partial charge on any atom is -0.481 e. The number of hydrogen-bond donors (Lipinski definition) is 2. The lowest BCUT2D eigenvalue weighted by Crippen LogP contribution is -2.44. The van der Waals surface area contributed by atoms with Gasteiger partial charge in [0, 0.05) is 55.8 Å². The summed E-state index contributed by atoms with van der Waals surface area (Å²) in [7, 11) is 1.56. The topological polar surface area (TPSA) is 132 Å². The van der Waals surface area contributed by atoms with Gasteiger partial charge in [0.05, 0.1) is 31.9 Å². The molecular formula is C25H32N6O5. The number of pyridine rings is 2. The molecule has 36 heavy (non-hydrogen) atoms. The number of piperidine rings is 1. The first kappa shape index (κ1) is 25.5. The Balaban J connectivity index is 1.62. The molecule has 0 unspecified atom stereocenters. The fraction of sp³-hybridized carbons (Fsp3) is 0.480. The lowest BCUT2D eigenvalue weighted by atomic mass is 10.1. The van der Waals surface area contributed by atoms with Gasteiger partial charge in [-0.1, -0.05) is 6.92 Å². The molecule has 1 fully saturated rings. The normalized spacial score (nSPS) is 15.8. The summed E-state index contributed by atoms with van der Waals surface area (Å²) < 4.78 is 12.3. The van der Waals surface area contributed by atoms with Crippen LogP contribution in [0.2, 0.25) is 0 Å². The van der Waals surface area contributed by atoms with Crippen LogP contribution in [0.25, 0.3) is 22.3 Å². The zero-order valence-corrected chi connectivity index (χ0v) is 20.6. The molecule has 4 rings (SSSR count). The Kier molecular flexibility index (Phi) is 8.44. The maximum Gasteiger partial charge on any atom is 0.293 e. The summed E-state index contributed by atoms with van der Waals surface area (Å²) in [6.45, 7) is 4.08. The summed E-state index contributed by atoms with van der Waals surface area (Å²) in [6.07, 6.45) is 5.16. The predicted octanol–water partition coefficient (Wildman–Crippen LogP) is 1.68. The van der Waals surface area contributed by atoms with Crippen molar-refractivity contribution in [2.24, 2.45) is 0 Å². The molecule has 1 amide bonds. The lowest BCUT2D eigenvalue weighted by molar-refractivity contribution is -0.132. The molecule has 0 aromatic carbocycles. The van der Waals surface area contributed by atoms with Crippen molar-refractivity contribution in [3.63, 3.8) is 0 Å². The molecule has 2 N–H and O–H groups in total. The van der Waals surface area contributed by atoms with E-state index >= 15 is 0 Å². The van der Waals surface area contributed by atoms with Crippen LogP contribution in [0.3, 0.4) is 0 Å². The Labute approximate surface area is 209 Å². The molecule has 192 valence electrons. The summed E-state index contributed by atoms with van der Waals surface area (Å²) in [6, 6.07) is 5.48. The highest BCUT2D eigenvalue weighted by molar-refractivity contribution is 5.82. The van der Waals surface area contributed by atoms with Gasteiger partial charge in [-0.2, -0.15) is 0 Å². The SMILES string of the molecule is CCCOCCn1c(=O)c(NCC(=O)N2CCC[C@H](O)C2)nc2ncc(-c3ccc(OC)nc3)cc21. The number of likely N-dealkylation sites (tertiary alicyclic amines) is 1. The summed E-state index contributed by atoms with van der Waals surface area (Å²) in [5.41, 5.74) is 2.17. The number of fused-ring (bicyclic) bond motifs is 1. The van der Waals surface area contributed by atoms with Crippen molar-refractivity contribution >= 4 is 22.9 Å². The first-order valence-electron chi connectivity index (χ1n) is 12.2. The number of amides is 1. The molecule has 1 atom stereocenters. The Morgan fingerprint density at radius 2 is 2.06 bits per heavy atom. The fourth-order valence-electron chi connectivity index (χ4n) is 4.14. The molecule has 1 aliphatic heterocycles. The second-order valence-electron chi connectivity index (χ2n) is 8.67. The van der Waals surface area contributed by atoms with Gasteiger partial charge >= 0.3 is 0 Å². The third kappa shape index (κ3) is 5.97. The Morgan fingerprint density at radius 1 is 1.22 bits per heavy atom. The minimum atomic E-state index is -0.513. The molecule has 4 heterocycles. The standard InChI is InChI=1S/C25H32N6O5/c1-3-10-36-11-9-31-20-12-18(17-6-7-21(35-2)26-13-17)14-27-23(20)29-24(25(31)34)28-15-22(33)30-8-4-5-19(32)16-30/h6-7,12-14,19,32H,3-5,8-11,15-16H2,1-2H3,(H,27,28,29)/t19-/m0/s1. The average molecular weight is 497 g/mol. The Morgan fingerprint density at radius 3 is 2.78 bits per heavy atom. The van der Waals surface area contributed by atoms with E-state index in [1.165, 1.54) is 0 Å². The van der Waals surface area contributed by atoms with E-state index in [0.717, 1.165) is 24.0 Å². The molecule has 3 aromatic heterocycles. The van der Waals surface area contributed by atoms with Gasteiger partial charge in [0.25, 0.3) is 5.56 Å². The summed E-state index contributed by atoms with van der Waals surface area (Å²) >= 11 is 0. The van der Waals surface area contributed by atoms with Crippen molar-refractivity contribution in [1.82, 2.24) is 24.4 Å². The second kappa shape index (κ2) is 11.9. The van der Waals surface area contributed by atoms with Gasteiger partial charge in [0.1, 0.15) is 0 Å². The molecule has 0 radical (unpaired) electrons. The van der Waals surface area contributed by atoms with E-state index in [1.807, 2.05) is 19.1 Å². The number of aliphatic hydroxyl groups is 1. The van der Waals surface area contributed by atoms with Crippen molar-refractivity contribution in [1.29, 1.82) is 0 Å². The van der Waals surface area contributed by atoms with Gasteiger partial charge in [-0.05, 0) is 31.4 Å². The van der Waals surface area contributed by atoms with Crippen LogP contribution < -0.4 is 15.6 Å². The van der Waals surface area contributed by atoms with Crippen LogP contribution in [0.5, 0.6) is 5.88 Å². The average Bonchev–Trinajstić information content (AvgIpc) is 2.90. The number of rotatable bonds is 10. The minimum absolute atomic E-state index is 0.0512. The highest BCUT2D eigenvalue weighted by Gasteiger charge is 2.22. The van der Waals surface area contributed by atoms with Crippen LogP contribution >= 0.6 is 0 Å². The van der Waals surface area contributed by atoms with Crippen molar-refractivity contribution in [3.8, 4) is 17.0 Å². The van der Waals surface area contributed by atoms with Crippen molar-refractivity contribution in [2.45, 2.75) is 38.8 Å². The fourth-order valence-corrected chi connectivity index (χ4v) is 4.14. The quantitative estimate of drug-likeness (QED) is 0.402. The number of nitrogens with one attached hydrogen (secondary N) is 1. The molecule has 3 aromatic rings. The van der Waals surface area contributed by atoms with Gasteiger partial charge in [-0.25, -0.2) is 15.0 Å². The van der Waals surface area contributed by atoms with Crippen LogP contribution in [0.4, 0.5) is 5.82 Å². The van der Waals surface area contributed by atoms with Crippen LogP contribution in [0.15, 0.2) is 35.4 Å². The molecule has 0 saturated carbocycles. The van der Waals surface area contributed by atoms with Crippen LogP contribution in [-0.4, -0.2) is 81.5 Å². The lowest BCUT2D eigenvalue weighted by Gasteiger charge is -2.30. The van der Waals surface area contributed by atoms with Crippen molar-refractivity contribution < 1.29 is 19.4 Å². The van der Waals surface area contributed by atoms with Gasteiger partial charge in [0.2, 0.25) is 11.8 Å². The molecule has 0 aliphatic carbocycles. The number of carbonyl (C=O) groups is 1. The maximum absolute atomic E-state index is 13.4. The molecule has 1 aliphatic rings. The first-order chi connectivity index (χ1) is 17.5. The molecule has 11 nitrogen and oxygen atoms in total. The predicted molar refractivity (Wildman–Crippen MR) is 135 cm³/mol. The summed E-state index contributed by atoms with van der Waals surface area (Å²) in [5.74, 6) is 0.363. The zero-order valence-electron chi connectivity index (χ0n) is 20.6. The van der Waals surface area contributed by atoms with Crippen LogP contribution in [0, 0.1) is 0 Å².